The third-order valence-electron chi connectivity index (χ3n) is 5.90. The van der Waals surface area contributed by atoms with Crippen molar-refractivity contribution in [1.82, 2.24) is 9.21 Å². The molecular formula is C22H26N2O4S. The van der Waals surface area contributed by atoms with Gasteiger partial charge in [0.15, 0.2) is 0 Å². The van der Waals surface area contributed by atoms with Crippen LogP contribution in [0.15, 0.2) is 59.5 Å². The molecule has 2 aromatic rings. The van der Waals surface area contributed by atoms with Crippen molar-refractivity contribution in [3.05, 3.63) is 65.7 Å². The summed E-state index contributed by atoms with van der Waals surface area (Å²) in [7, 11) is -3.65. The Hall–Kier alpha value is -2.22. The number of hydrogen-bond donors (Lipinski definition) is 0. The quantitative estimate of drug-likeness (QED) is 0.770. The molecule has 0 saturated carbocycles. The molecule has 0 N–H and O–H groups in total. The Balaban J connectivity index is 1.67. The first-order chi connectivity index (χ1) is 14.0. The first-order valence-electron chi connectivity index (χ1n) is 9.96. The molecule has 2 heterocycles. The second kappa shape index (κ2) is 8.26. The molecule has 2 aliphatic rings. The number of rotatable bonds is 4. The Morgan fingerprint density at radius 1 is 0.966 bits per heavy atom. The van der Waals surface area contributed by atoms with Crippen LogP contribution in [0, 0.1) is 12.8 Å². The molecule has 0 radical (unpaired) electrons. The van der Waals surface area contributed by atoms with E-state index in [1.807, 2.05) is 36.1 Å². The third-order valence-corrected chi connectivity index (χ3v) is 7.74. The average Bonchev–Trinajstić information content (AvgIpc) is 3.21. The summed E-state index contributed by atoms with van der Waals surface area (Å²) in [5.41, 5.74) is 2.13. The molecule has 0 aliphatic carbocycles. The SMILES string of the molecule is Cc1ccccc1[C@H]1CN(S(=O)(=O)c2ccccc2)C[C@@H]1C(=O)N1CCOCC1. The Morgan fingerprint density at radius 3 is 2.31 bits per heavy atom. The van der Waals surface area contributed by atoms with Gasteiger partial charge in [-0.2, -0.15) is 4.31 Å². The number of sulfonamides is 1. The molecular weight excluding hydrogens is 388 g/mol. The van der Waals surface area contributed by atoms with Crippen LogP contribution in [0.5, 0.6) is 0 Å². The molecule has 1 amide bonds. The van der Waals surface area contributed by atoms with E-state index in [-0.39, 0.29) is 23.3 Å². The van der Waals surface area contributed by atoms with Gasteiger partial charge in [0.05, 0.1) is 24.0 Å². The number of hydrogen-bond acceptors (Lipinski definition) is 4. The van der Waals surface area contributed by atoms with E-state index < -0.39 is 15.9 Å². The lowest BCUT2D eigenvalue weighted by Crippen LogP contribution is -2.45. The molecule has 0 unspecified atom stereocenters. The fraction of sp³-hybridized carbons (Fsp3) is 0.409. The summed E-state index contributed by atoms with van der Waals surface area (Å²) in [5, 5.41) is 0. The van der Waals surface area contributed by atoms with Crippen molar-refractivity contribution in [3.63, 3.8) is 0 Å². The van der Waals surface area contributed by atoms with Gasteiger partial charge in [0.25, 0.3) is 0 Å². The number of ether oxygens (including phenoxy) is 1. The highest BCUT2D eigenvalue weighted by Gasteiger charge is 2.45. The van der Waals surface area contributed by atoms with Crippen LogP contribution in [-0.2, 0) is 19.6 Å². The van der Waals surface area contributed by atoms with Crippen LogP contribution in [-0.4, -0.2) is 62.9 Å². The fourth-order valence-corrected chi connectivity index (χ4v) is 5.80. The Morgan fingerprint density at radius 2 is 1.62 bits per heavy atom. The van der Waals surface area contributed by atoms with Crippen molar-refractivity contribution in [2.45, 2.75) is 17.7 Å². The van der Waals surface area contributed by atoms with Crippen molar-refractivity contribution < 1.29 is 17.9 Å². The Kier molecular flexibility index (Phi) is 5.72. The number of carbonyl (C=O) groups excluding carboxylic acids is 1. The first-order valence-corrected chi connectivity index (χ1v) is 11.4. The number of aryl methyl sites for hydroxylation is 1. The van der Waals surface area contributed by atoms with Crippen LogP contribution >= 0.6 is 0 Å². The number of carbonyl (C=O) groups is 1. The van der Waals surface area contributed by atoms with Crippen LogP contribution in [0.3, 0.4) is 0 Å². The summed E-state index contributed by atoms with van der Waals surface area (Å²) < 4.78 is 33.3. The molecule has 6 nitrogen and oxygen atoms in total. The van der Waals surface area contributed by atoms with Gasteiger partial charge >= 0.3 is 0 Å². The molecule has 0 bridgehead atoms. The fourth-order valence-electron chi connectivity index (χ4n) is 4.29. The summed E-state index contributed by atoms with van der Waals surface area (Å²) in [6.45, 7) is 4.69. The monoisotopic (exact) mass is 414 g/mol. The molecule has 2 atom stereocenters. The maximum absolute atomic E-state index is 13.4. The van der Waals surface area contributed by atoms with E-state index >= 15 is 0 Å². The molecule has 0 spiro atoms. The van der Waals surface area contributed by atoms with E-state index in [0.29, 0.717) is 32.8 Å². The van der Waals surface area contributed by atoms with Gasteiger partial charge in [0.1, 0.15) is 0 Å². The van der Waals surface area contributed by atoms with E-state index in [1.165, 1.54) is 4.31 Å². The minimum absolute atomic E-state index is 0.0207. The standard InChI is InChI=1S/C22H26N2O4S/c1-17-7-5-6-10-19(17)20-15-24(29(26,27)18-8-3-2-4-9-18)16-21(20)22(25)23-11-13-28-14-12-23/h2-10,20-21H,11-16H2,1H3/t20-,21+/m1/s1. The second-order valence-electron chi connectivity index (χ2n) is 7.64. The number of benzene rings is 2. The predicted octanol–water partition coefficient (Wildman–Crippen LogP) is 2.26. The average molecular weight is 415 g/mol. The highest BCUT2D eigenvalue weighted by Crippen LogP contribution is 2.38. The normalized spacial score (nSPS) is 23.3. The molecule has 7 heteroatoms. The van der Waals surface area contributed by atoms with E-state index in [1.54, 1.807) is 30.3 Å². The predicted molar refractivity (Wildman–Crippen MR) is 110 cm³/mol. The van der Waals surface area contributed by atoms with E-state index in [4.69, 9.17) is 4.74 Å². The van der Waals surface area contributed by atoms with Crippen LogP contribution in [0.25, 0.3) is 0 Å². The summed E-state index contributed by atoms with van der Waals surface area (Å²) in [6.07, 6.45) is 0. The van der Waals surface area contributed by atoms with Crippen LogP contribution in [0.1, 0.15) is 17.0 Å². The van der Waals surface area contributed by atoms with Crippen LogP contribution in [0.2, 0.25) is 0 Å². The lowest BCUT2D eigenvalue weighted by atomic mass is 9.85. The van der Waals surface area contributed by atoms with Crippen LogP contribution < -0.4 is 0 Å². The van der Waals surface area contributed by atoms with Gasteiger partial charge in [-0.3, -0.25) is 4.79 Å². The van der Waals surface area contributed by atoms with E-state index in [0.717, 1.165) is 11.1 Å². The maximum atomic E-state index is 13.4. The van der Waals surface area contributed by atoms with E-state index in [2.05, 4.69) is 0 Å². The van der Waals surface area contributed by atoms with Gasteiger partial charge in [0.2, 0.25) is 15.9 Å². The molecule has 2 aromatic carbocycles. The van der Waals surface area contributed by atoms with Gasteiger partial charge in [-0.25, -0.2) is 8.42 Å². The van der Waals surface area contributed by atoms with Gasteiger partial charge < -0.3 is 9.64 Å². The van der Waals surface area contributed by atoms with Crippen molar-refractivity contribution in [2.24, 2.45) is 5.92 Å². The van der Waals surface area contributed by atoms with Crippen molar-refractivity contribution >= 4 is 15.9 Å². The maximum Gasteiger partial charge on any atom is 0.243 e. The number of amides is 1. The lowest BCUT2D eigenvalue weighted by molar-refractivity contribution is -0.139. The van der Waals surface area contributed by atoms with Crippen molar-refractivity contribution in [3.8, 4) is 0 Å². The molecule has 2 fully saturated rings. The Labute approximate surface area is 172 Å². The Bertz CT molecular complexity index is 971. The highest BCUT2D eigenvalue weighted by atomic mass is 32.2. The molecule has 29 heavy (non-hydrogen) atoms. The highest BCUT2D eigenvalue weighted by molar-refractivity contribution is 7.89. The largest absolute Gasteiger partial charge is 0.378 e. The van der Waals surface area contributed by atoms with Gasteiger partial charge in [-0.1, -0.05) is 42.5 Å². The molecule has 2 saturated heterocycles. The zero-order valence-electron chi connectivity index (χ0n) is 16.5. The zero-order chi connectivity index (χ0) is 20.4. The molecule has 0 aromatic heterocycles. The minimum Gasteiger partial charge on any atom is -0.378 e. The third kappa shape index (κ3) is 3.95. The molecule has 2 aliphatic heterocycles. The van der Waals surface area contributed by atoms with E-state index in [9.17, 15) is 13.2 Å². The first kappa shape index (κ1) is 20.1. The summed E-state index contributed by atoms with van der Waals surface area (Å²) in [5.74, 6) is -0.537. The summed E-state index contributed by atoms with van der Waals surface area (Å²) >= 11 is 0. The second-order valence-corrected chi connectivity index (χ2v) is 9.58. The lowest BCUT2D eigenvalue weighted by Gasteiger charge is -2.31. The summed E-state index contributed by atoms with van der Waals surface area (Å²) in [4.78, 5) is 15.4. The van der Waals surface area contributed by atoms with Gasteiger partial charge in [-0.05, 0) is 30.2 Å². The molecule has 4 rings (SSSR count). The van der Waals surface area contributed by atoms with Crippen molar-refractivity contribution in [1.29, 1.82) is 0 Å². The van der Waals surface area contributed by atoms with Crippen LogP contribution in [0.4, 0.5) is 0 Å². The van der Waals surface area contributed by atoms with Crippen molar-refractivity contribution in [2.75, 3.05) is 39.4 Å². The zero-order valence-corrected chi connectivity index (χ0v) is 17.3. The van der Waals surface area contributed by atoms with Gasteiger partial charge in [0, 0.05) is 32.1 Å². The number of morpholine rings is 1. The number of nitrogens with zero attached hydrogens (tertiary/aromatic N) is 2. The topological polar surface area (TPSA) is 66.9 Å². The van der Waals surface area contributed by atoms with Gasteiger partial charge in [-0.15, -0.1) is 0 Å². The molecule has 154 valence electrons. The smallest absolute Gasteiger partial charge is 0.243 e. The summed E-state index contributed by atoms with van der Waals surface area (Å²) in [6, 6.07) is 16.4. The minimum atomic E-state index is -3.65.